The molecule has 2 N–H and O–H groups in total. The lowest BCUT2D eigenvalue weighted by atomic mass is 9.98. The fourth-order valence-corrected chi connectivity index (χ4v) is 3.24. The van der Waals surface area contributed by atoms with Gasteiger partial charge in [-0.1, -0.05) is 60.7 Å². The smallest absolute Gasteiger partial charge is 0.407 e. The Morgan fingerprint density at radius 2 is 1.50 bits per heavy atom. The topological polar surface area (TPSA) is 100 Å². The molecule has 0 heterocycles. The molecule has 7 heteroatoms. The van der Waals surface area contributed by atoms with Gasteiger partial charge in [0.2, 0.25) is 0 Å². The van der Waals surface area contributed by atoms with Crippen LogP contribution in [-0.4, -0.2) is 42.9 Å². The van der Waals surface area contributed by atoms with Crippen molar-refractivity contribution in [3.8, 4) is 6.07 Å². The summed E-state index contributed by atoms with van der Waals surface area (Å²) in [6.45, 7) is 5.31. The lowest BCUT2D eigenvalue weighted by Crippen LogP contribution is -2.56. The zero-order valence-electron chi connectivity index (χ0n) is 19.0. The van der Waals surface area contributed by atoms with Crippen molar-refractivity contribution >= 4 is 12.1 Å². The molecule has 32 heavy (non-hydrogen) atoms. The second-order valence-electron chi connectivity index (χ2n) is 8.48. The van der Waals surface area contributed by atoms with E-state index in [1.807, 2.05) is 60.7 Å². The van der Waals surface area contributed by atoms with Gasteiger partial charge >= 0.3 is 12.1 Å². The van der Waals surface area contributed by atoms with Crippen molar-refractivity contribution in [2.45, 2.75) is 57.3 Å². The highest BCUT2D eigenvalue weighted by molar-refractivity contribution is 5.76. The van der Waals surface area contributed by atoms with E-state index in [0.29, 0.717) is 12.8 Å². The van der Waals surface area contributed by atoms with Crippen LogP contribution in [0.5, 0.6) is 0 Å². The van der Waals surface area contributed by atoms with Crippen molar-refractivity contribution in [3.05, 3.63) is 71.8 Å². The fourth-order valence-electron chi connectivity index (χ4n) is 3.24. The SMILES string of the molecule is COC(=O)[C@@H](Cc1ccccc1)N[C@@H](C#N)[C@H](Cc1ccccc1)NC(=O)OC(C)(C)C. The first kappa shape index (κ1) is 24.9. The Morgan fingerprint density at radius 1 is 0.969 bits per heavy atom. The lowest BCUT2D eigenvalue weighted by molar-refractivity contribution is -0.143. The average molecular weight is 438 g/mol. The Bertz CT molecular complexity index is 904. The zero-order valence-corrected chi connectivity index (χ0v) is 19.0. The van der Waals surface area contributed by atoms with E-state index in [4.69, 9.17) is 9.47 Å². The molecule has 0 aliphatic heterocycles. The third-order valence-corrected chi connectivity index (χ3v) is 4.69. The molecule has 7 nitrogen and oxygen atoms in total. The molecule has 0 bridgehead atoms. The summed E-state index contributed by atoms with van der Waals surface area (Å²) in [5.41, 5.74) is 1.18. The number of carbonyl (C=O) groups is 2. The predicted octanol–water partition coefficient (Wildman–Crippen LogP) is 3.39. The van der Waals surface area contributed by atoms with Gasteiger partial charge in [-0.15, -0.1) is 0 Å². The summed E-state index contributed by atoms with van der Waals surface area (Å²) in [5.74, 6) is -0.482. The Kier molecular flexibility index (Phi) is 9.23. The molecule has 2 aromatic rings. The van der Waals surface area contributed by atoms with Gasteiger partial charge in [-0.3, -0.25) is 10.1 Å². The van der Waals surface area contributed by atoms with Crippen molar-refractivity contribution in [1.29, 1.82) is 5.26 Å². The first-order valence-electron chi connectivity index (χ1n) is 10.5. The summed E-state index contributed by atoms with van der Waals surface area (Å²) < 4.78 is 10.3. The molecule has 0 aliphatic rings. The number of esters is 1. The molecule has 2 rings (SSSR count). The van der Waals surface area contributed by atoms with Crippen molar-refractivity contribution in [2.75, 3.05) is 7.11 Å². The molecule has 0 radical (unpaired) electrons. The van der Waals surface area contributed by atoms with Gasteiger partial charge in [0.1, 0.15) is 17.7 Å². The van der Waals surface area contributed by atoms with Gasteiger partial charge in [-0.05, 0) is 44.7 Å². The van der Waals surface area contributed by atoms with Crippen LogP contribution in [0.15, 0.2) is 60.7 Å². The van der Waals surface area contributed by atoms with Crippen molar-refractivity contribution < 1.29 is 19.1 Å². The minimum Gasteiger partial charge on any atom is -0.468 e. The van der Waals surface area contributed by atoms with E-state index in [1.54, 1.807) is 20.8 Å². The van der Waals surface area contributed by atoms with E-state index in [9.17, 15) is 14.9 Å². The van der Waals surface area contributed by atoms with Crippen LogP contribution in [0.3, 0.4) is 0 Å². The van der Waals surface area contributed by atoms with Gasteiger partial charge in [0.05, 0.1) is 19.2 Å². The van der Waals surface area contributed by atoms with E-state index >= 15 is 0 Å². The van der Waals surface area contributed by atoms with Gasteiger partial charge in [0.15, 0.2) is 0 Å². The van der Waals surface area contributed by atoms with E-state index in [1.165, 1.54) is 7.11 Å². The number of nitrogens with one attached hydrogen (secondary N) is 2. The number of amides is 1. The Balaban J connectivity index is 2.24. The number of benzene rings is 2. The second-order valence-corrected chi connectivity index (χ2v) is 8.48. The zero-order chi connectivity index (χ0) is 23.6. The maximum Gasteiger partial charge on any atom is 0.407 e. The average Bonchev–Trinajstić information content (AvgIpc) is 2.75. The van der Waals surface area contributed by atoms with Crippen LogP contribution in [0.1, 0.15) is 31.9 Å². The Morgan fingerprint density at radius 3 is 1.97 bits per heavy atom. The van der Waals surface area contributed by atoms with E-state index < -0.39 is 35.8 Å². The van der Waals surface area contributed by atoms with Gasteiger partial charge in [0, 0.05) is 0 Å². The van der Waals surface area contributed by atoms with Crippen LogP contribution in [0, 0.1) is 11.3 Å². The normalized spacial score (nSPS) is 13.8. The number of nitriles is 1. The van der Waals surface area contributed by atoms with Crippen molar-refractivity contribution in [2.24, 2.45) is 0 Å². The molecule has 0 fully saturated rings. The Hall–Kier alpha value is -3.37. The molecule has 3 atom stereocenters. The van der Waals surface area contributed by atoms with Gasteiger partial charge in [-0.2, -0.15) is 5.26 Å². The van der Waals surface area contributed by atoms with Gasteiger partial charge in [-0.25, -0.2) is 4.79 Å². The molecule has 0 unspecified atom stereocenters. The number of nitrogens with zero attached hydrogens (tertiary/aromatic N) is 1. The largest absolute Gasteiger partial charge is 0.468 e. The highest BCUT2D eigenvalue weighted by Crippen LogP contribution is 2.12. The summed E-state index contributed by atoms with van der Waals surface area (Å²) in [6, 6.07) is 18.9. The third kappa shape index (κ3) is 8.40. The van der Waals surface area contributed by atoms with Gasteiger partial charge < -0.3 is 14.8 Å². The number of ether oxygens (including phenoxy) is 2. The van der Waals surface area contributed by atoms with Crippen LogP contribution in [0.2, 0.25) is 0 Å². The maximum absolute atomic E-state index is 12.5. The highest BCUT2D eigenvalue weighted by atomic mass is 16.6. The molecule has 0 aromatic heterocycles. The van der Waals surface area contributed by atoms with Crippen LogP contribution < -0.4 is 10.6 Å². The number of methoxy groups -OCH3 is 1. The molecule has 2 aromatic carbocycles. The lowest BCUT2D eigenvalue weighted by Gasteiger charge is -2.29. The molecule has 170 valence electrons. The molecule has 0 aliphatic carbocycles. The first-order chi connectivity index (χ1) is 15.2. The summed E-state index contributed by atoms with van der Waals surface area (Å²) in [5, 5.41) is 15.8. The van der Waals surface area contributed by atoms with E-state index in [2.05, 4.69) is 16.7 Å². The molecule has 0 spiro atoms. The number of alkyl carbamates (subject to hydrolysis) is 1. The molecule has 0 saturated heterocycles. The summed E-state index contributed by atoms with van der Waals surface area (Å²) in [7, 11) is 1.31. The monoisotopic (exact) mass is 437 g/mol. The van der Waals surface area contributed by atoms with E-state index in [-0.39, 0.29) is 0 Å². The third-order valence-electron chi connectivity index (χ3n) is 4.69. The molecular weight excluding hydrogens is 406 g/mol. The number of carbonyl (C=O) groups excluding carboxylic acids is 2. The minimum absolute atomic E-state index is 0.343. The second kappa shape index (κ2) is 11.9. The van der Waals surface area contributed by atoms with Crippen LogP contribution >= 0.6 is 0 Å². The number of hydrogen-bond acceptors (Lipinski definition) is 6. The minimum atomic E-state index is -0.865. The highest BCUT2D eigenvalue weighted by Gasteiger charge is 2.31. The molecule has 0 saturated carbocycles. The van der Waals surface area contributed by atoms with E-state index in [0.717, 1.165) is 11.1 Å². The predicted molar refractivity (Wildman–Crippen MR) is 122 cm³/mol. The maximum atomic E-state index is 12.5. The van der Waals surface area contributed by atoms with Gasteiger partial charge in [0.25, 0.3) is 0 Å². The number of hydrogen-bond donors (Lipinski definition) is 2. The first-order valence-corrected chi connectivity index (χ1v) is 10.5. The quantitative estimate of drug-likeness (QED) is 0.583. The van der Waals surface area contributed by atoms with Crippen LogP contribution in [0.4, 0.5) is 4.79 Å². The van der Waals surface area contributed by atoms with Crippen molar-refractivity contribution in [1.82, 2.24) is 10.6 Å². The van der Waals surface area contributed by atoms with Crippen molar-refractivity contribution in [3.63, 3.8) is 0 Å². The standard InChI is InChI=1S/C25H31N3O4/c1-25(2,3)32-24(30)28-20(15-18-11-7-5-8-12-18)22(17-26)27-21(23(29)31-4)16-19-13-9-6-10-14-19/h5-14,20-22,27H,15-16H2,1-4H3,(H,28,30)/t20-,21+,22-/m0/s1. The molecule has 1 amide bonds. The summed E-state index contributed by atoms with van der Waals surface area (Å²) >= 11 is 0. The molecular formula is C25H31N3O4. The number of rotatable bonds is 9. The fraction of sp³-hybridized carbons (Fsp3) is 0.400. The van der Waals surface area contributed by atoms with Crippen LogP contribution in [0.25, 0.3) is 0 Å². The van der Waals surface area contributed by atoms with Crippen LogP contribution in [-0.2, 0) is 27.1 Å². The Labute approximate surface area is 189 Å². The summed E-state index contributed by atoms with van der Waals surface area (Å²) in [4.78, 5) is 24.9. The summed E-state index contributed by atoms with van der Waals surface area (Å²) in [6.07, 6.45) is 0.0962.